The monoisotopic (exact) mass is 386 g/mol. The van der Waals surface area contributed by atoms with Crippen LogP contribution in [0.25, 0.3) is 0 Å². The summed E-state index contributed by atoms with van der Waals surface area (Å²) >= 11 is 0. The normalized spacial score (nSPS) is 17.5. The highest BCUT2D eigenvalue weighted by Crippen LogP contribution is 2.23. The number of hydrogen-bond acceptors (Lipinski definition) is 3. The molecule has 1 N–H and O–H groups in total. The molecule has 0 radical (unpaired) electrons. The largest absolute Gasteiger partial charge is 0.484 e. The summed E-state index contributed by atoms with van der Waals surface area (Å²) in [4.78, 5) is 26.3. The van der Waals surface area contributed by atoms with E-state index in [1.807, 2.05) is 13.8 Å². The molecule has 1 atom stereocenters. The van der Waals surface area contributed by atoms with E-state index in [-0.39, 0.29) is 36.6 Å². The van der Waals surface area contributed by atoms with Gasteiger partial charge in [-0.1, -0.05) is 26.0 Å². The number of ether oxygens (including phenoxy) is 1. The minimum Gasteiger partial charge on any atom is -0.484 e. The summed E-state index contributed by atoms with van der Waals surface area (Å²) < 4.78 is 41.4. The molecule has 0 saturated carbocycles. The molecule has 0 aromatic heterocycles. The Hall–Kier alpha value is -2.25. The molecule has 150 valence electrons. The van der Waals surface area contributed by atoms with Crippen LogP contribution in [0.2, 0.25) is 0 Å². The molecule has 1 aliphatic heterocycles. The molecular formula is C19H25F3N2O3. The highest BCUT2D eigenvalue weighted by atomic mass is 19.4. The van der Waals surface area contributed by atoms with Gasteiger partial charge >= 0.3 is 6.18 Å². The van der Waals surface area contributed by atoms with Gasteiger partial charge in [0.1, 0.15) is 5.75 Å². The lowest BCUT2D eigenvalue weighted by Gasteiger charge is -2.26. The average molecular weight is 386 g/mol. The van der Waals surface area contributed by atoms with Crippen molar-refractivity contribution in [3.05, 3.63) is 29.8 Å². The van der Waals surface area contributed by atoms with E-state index >= 15 is 0 Å². The van der Waals surface area contributed by atoms with Crippen LogP contribution in [-0.4, -0.2) is 42.1 Å². The Morgan fingerprint density at radius 3 is 2.67 bits per heavy atom. The van der Waals surface area contributed by atoms with Crippen molar-refractivity contribution in [3.63, 3.8) is 0 Å². The predicted octanol–water partition coefficient (Wildman–Crippen LogP) is 3.28. The van der Waals surface area contributed by atoms with Gasteiger partial charge in [0.15, 0.2) is 6.61 Å². The van der Waals surface area contributed by atoms with E-state index in [2.05, 4.69) is 5.32 Å². The smallest absolute Gasteiger partial charge is 0.422 e. The van der Waals surface area contributed by atoms with E-state index in [1.54, 1.807) is 17.0 Å². The third-order valence-corrected chi connectivity index (χ3v) is 4.68. The topological polar surface area (TPSA) is 58.6 Å². The zero-order chi connectivity index (χ0) is 20.0. The van der Waals surface area contributed by atoms with E-state index in [1.165, 1.54) is 12.1 Å². The predicted molar refractivity (Wildman–Crippen MR) is 94.0 cm³/mol. The first kappa shape index (κ1) is 21.1. The number of carbonyl (C=O) groups excluding carboxylic acids is 2. The maximum atomic E-state index is 12.4. The van der Waals surface area contributed by atoms with E-state index in [4.69, 9.17) is 4.74 Å². The second-order valence-electron chi connectivity index (χ2n) is 6.69. The van der Waals surface area contributed by atoms with Crippen molar-refractivity contribution in [2.75, 3.05) is 13.2 Å². The van der Waals surface area contributed by atoms with Crippen molar-refractivity contribution in [1.29, 1.82) is 0 Å². The van der Waals surface area contributed by atoms with Gasteiger partial charge in [-0.15, -0.1) is 0 Å². The van der Waals surface area contributed by atoms with Gasteiger partial charge in [-0.25, -0.2) is 0 Å². The van der Waals surface area contributed by atoms with E-state index in [9.17, 15) is 22.8 Å². The third-order valence-electron chi connectivity index (χ3n) is 4.68. The SMILES string of the molecule is CCC(CC)N1CC(C(=O)NCc2cccc(OCC(F)(F)F)c2)CC1=O. The second kappa shape index (κ2) is 9.10. The number of hydrogen-bond donors (Lipinski definition) is 1. The number of amides is 2. The van der Waals surface area contributed by atoms with Crippen LogP contribution >= 0.6 is 0 Å². The van der Waals surface area contributed by atoms with E-state index in [0.717, 1.165) is 12.8 Å². The number of likely N-dealkylation sites (tertiary alicyclic amines) is 1. The van der Waals surface area contributed by atoms with Gasteiger partial charge in [0.2, 0.25) is 11.8 Å². The Morgan fingerprint density at radius 2 is 2.04 bits per heavy atom. The van der Waals surface area contributed by atoms with E-state index in [0.29, 0.717) is 12.1 Å². The summed E-state index contributed by atoms with van der Waals surface area (Å²) in [5.41, 5.74) is 0.629. The minimum atomic E-state index is -4.40. The molecule has 0 spiro atoms. The molecule has 1 aromatic carbocycles. The molecule has 0 bridgehead atoms. The zero-order valence-corrected chi connectivity index (χ0v) is 15.5. The molecule has 0 aliphatic carbocycles. The molecule has 2 rings (SSSR count). The fourth-order valence-corrected chi connectivity index (χ4v) is 3.23. The Bertz CT molecular complexity index is 660. The Kier molecular flexibility index (Phi) is 7.10. The van der Waals surface area contributed by atoms with Crippen molar-refractivity contribution in [1.82, 2.24) is 10.2 Å². The summed E-state index contributed by atoms with van der Waals surface area (Å²) in [5, 5.41) is 2.76. The average Bonchev–Trinajstić information content (AvgIpc) is 3.01. The first-order chi connectivity index (χ1) is 12.7. The van der Waals surface area contributed by atoms with Crippen molar-refractivity contribution in [3.8, 4) is 5.75 Å². The first-order valence-corrected chi connectivity index (χ1v) is 9.09. The van der Waals surface area contributed by atoms with Gasteiger partial charge in [0, 0.05) is 25.6 Å². The molecule has 1 aliphatic rings. The van der Waals surface area contributed by atoms with Gasteiger partial charge in [-0.2, -0.15) is 13.2 Å². The van der Waals surface area contributed by atoms with Crippen LogP contribution in [0.3, 0.4) is 0 Å². The fourth-order valence-electron chi connectivity index (χ4n) is 3.23. The number of nitrogens with one attached hydrogen (secondary N) is 1. The van der Waals surface area contributed by atoms with Crippen LogP contribution in [0.4, 0.5) is 13.2 Å². The van der Waals surface area contributed by atoms with E-state index < -0.39 is 18.7 Å². The summed E-state index contributed by atoms with van der Waals surface area (Å²) in [6.07, 6.45) is -2.51. The Labute approximate surface area is 156 Å². The zero-order valence-electron chi connectivity index (χ0n) is 15.5. The Morgan fingerprint density at radius 1 is 1.33 bits per heavy atom. The van der Waals surface area contributed by atoms with Gasteiger partial charge in [-0.3, -0.25) is 9.59 Å². The number of rotatable bonds is 8. The number of alkyl halides is 3. The molecule has 1 fully saturated rings. The van der Waals surface area contributed by atoms with Crippen LogP contribution in [0.5, 0.6) is 5.75 Å². The lowest BCUT2D eigenvalue weighted by atomic mass is 10.1. The highest BCUT2D eigenvalue weighted by molar-refractivity contribution is 5.89. The molecule has 27 heavy (non-hydrogen) atoms. The lowest BCUT2D eigenvalue weighted by Crippen LogP contribution is -2.37. The van der Waals surface area contributed by atoms with Crippen molar-refractivity contribution in [2.24, 2.45) is 5.92 Å². The maximum absolute atomic E-state index is 12.4. The first-order valence-electron chi connectivity index (χ1n) is 9.09. The van der Waals surface area contributed by atoms with Gasteiger partial charge in [0.25, 0.3) is 0 Å². The van der Waals surface area contributed by atoms with Crippen molar-refractivity contribution >= 4 is 11.8 Å². The quantitative estimate of drug-likeness (QED) is 0.746. The summed E-state index contributed by atoms with van der Waals surface area (Å²) in [6.45, 7) is 3.24. The fraction of sp³-hybridized carbons (Fsp3) is 0.579. The molecule has 5 nitrogen and oxygen atoms in total. The molecule has 2 amide bonds. The van der Waals surface area contributed by atoms with Crippen molar-refractivity contribution < 1.29 is 27.5 Å². The van der Waals surface area contributed by atoms with Crippen LogP contribution in [0.1, 0.15) is 38.7 Å². The summed E-state index contributed by atoms with van der Waals surface area (Å²) in [6, 6.07) is 6.30. The van der Waals surface area contributed by atoms with Crippen LogP contribution in [0.15, 0.2) is 24.3 Å². The lowest BCUT2D eigenvalue weighted by molar-refractivity contribution is -0.153. The molecule has 8 heteroatoms. The summed E-state index contributed by atoms with van der Waals surface area (Å²) in [7, 11) is 0. The maximum Gasteiger partial charge on any atom is 0.422 e. The third kappa shape index (κ3) is 6.15. The molecule has 1 unspecified atom stereocenters. The number of nitrogens with zero attached hydrogens (tertiary/aromatic N) is 1. The molecule has 1 aromatic rings. The van der Waals surface area contributed by atoms with Gasteiger partial charge in [-0.05, 0) is 30.5 Å². The summed E-state index contributed by atoms with van der Waals surface area (Å²) in [5.74, 6) is -0.539. The highest BCUT2D eigenvalue weighted by Gasteiger charge is 2.36. The Balaban J connectivity index is 1.88. The van der Waals surface area contributed by atoms with Crippen LogP contribution in [-0.2, 0) is 16.1 Å². The number of carbonyl (C=O) groups is 2. The van der Waals surface area contributed by atoms with Crippen LogP contribution in [0, 0.1) is 5.92 Å². The second-order valence-corrected chi connectivity index (χ2v) is 6.69. The van der Waals surface area contributed by atoms with Gasteiger partial charge in [0.05, 0.1) is 5.92 Å². The number of halogens is 3. The standard InChI is InChI=1S/C19H25F3N2O3/c1-3-15(4-2)24-11-14(9-17(24)25)18(26)23-10-13-6-5-7-16(8-13)27-12-19(20,21)22/h5-8,14-15H,3-4,9-12H2,1-2H3,(H,23,26). The molecular weight excluding hydrogens is 361 g/mol. The number of benzene rings is 1. The molecule has 1 heterocycles. The van der Waals surface area contributed by atoms with Gasteiger partial charge < -0.3 is 15.0 Å². The molecule has 1 saturated heterocycles. The van der Waals surface area contributed by atoms with Crippen molar-refractivity contribution in [2.45, 2.75) is 51.9 Å². The van der Waals surface area contributed by atoms with Crippen LogP contribution < -0.4 is 10.1 Å². The minimum absolute atomic E-state index is 0.00796.